The van der Waals surface area contributed by atoms with Crippen LogP contribution in [-0.2, 0) is 0 Å². The average molecular weight is 287 g/mol. The normalized spacial score (nSPS) is 12.6. The van der Waals surface area contributed by atoms with Crippen LogP contribution in [-0.4, -0.2) is 9.97 Å². The van der Waals surface area contributed by atoms with E-state index in [1.54, 1.807) is 6.07 Å². The Bertz CT molecular complexity index is 751. The molecule has 1 aromatic heterocycles. The lowest BCUT2D eigenvalue weighted by Crippen LogP contribution is -2.04. The second-order valence-corrected chi connectivity index (χ2v) is 5.30. The highest BCUT2D eigenvalue weighted by atomic mass is 35.5. The molecular weight excluding hydrogens is 272 g/mol. The molecule has 1 atom stereocenters. The van der Waals surface area contributed by atoms with Gasteiger partial charge >= 0.3 is 0 Å². The Balaban J connectivity index is 1.86. The Kier molecular flexibility index (Phi) is 3.36. The number of fused-ring (bicyclic) bond motifs is 1. The average Bonchev–Trinajstić information content (AvgIpc) is 2.81. The first-order chi connectivity index (χ1) is 9.61. The lowest BCUT2D eigenvalue weighted by molar-refractivity contribution is 0.218. The van der Waals surface area contributed by atoms with Crippen molar-refractivity contribution in [3.8, 4) is 5.75 Å². The van der Waals surface area contributed by atoms with E-state index in [0.29, 0.717) is 5.02 Å². The van der Waals surface area contributed by atoms with Crippen LogP contribution < -0.4 is 4.74 Å². The number of aryl methyl sites for hydroxylation is 1. The number of hydrogen-bond acceptors (Lipinski definition) is 2. The molecule has 3 nitrogen and oxygen atoms in total. The summed E-state index contributed by atoms with van der Waals surface area (Å²) in [6.07, 6.45) is -0.166. The summed E-state index contributed by atoms with van der Waals surface area (Å²) in [6.45, 7) is 4.03. The standard InChI is InChI=1S/C16H15ClN2O/c1-10-6-7-14-15(8-10)19-16(18-14)11(2)20-13-5-3-4-12(17)9-13/h3-9,11H,1-2H3,(H,18,19). The van der Waals surface area contributed by atoms with Gasteiger partial charge in [0.1, 0.15) is 11.6 Å². The summed E-state index contributed by atoms with van der Waals surface area (Å²) in [6, 6.07) is 13.5. The first-order valence-electron chi connectivity index (χ1n) is 6.50. The minimum absolute atomic E-state index is 0.166. The third kappa shape index (κ3) is 2.63. The van der Waals surface area contributed by atoms with Gasteiger partial charge in [-0.15, -0.1) is 0 Å². The molecule has 102 valence electrons. The van der Waals surface area contributed by atoms with Crippen LogP contribution >= 0.6 is 11.6 Å². The number of aromatic amines is 1. The Morgan fingerprint density at radius 2 is 2.05 bits per heavy atom. The van der Waals surface area contributed by atoms with Crippen molar-refractivity contribution in [1.29, 1.82) is 0 Å². The molecule has 0 radical (unpaired) electrons. The van der Waals surface area contributed by atoms with Crippen LogP contribution in [0.2, 0.25) is 5.02 Å². The summed E-state index contributed by atoms with van der Waals surface area (Å²) in [4.78, 5) is 7.86. The van der Waals surface area contributed by atoms with Crippen molar-refractivity contribution in [3.05, 3.63) is 58.9 Å². The van der Waals surface area contributed by atoms with E-state index in [0.717, 1.165) is 22.6 Å². The lowest BCUT2D eigenvalue weighted by Gasteiger charge is -2.12. The monoisotopic (exact) mass is 286 g/mol. The van der Waals surface area contributed by atoms with E-state index in [9.17, 15) is 0 Å². The van der Waals surface area contributed by atoms with Crippen LogP contribution in [0.4, 0.5) is 0 Å². The number of ether oxygens (including phenoxy) is 1. The van der Waals surface area contributed by atoms with E-state index in [1.807, 2.05) is 31.2 Å². The van der Waals surface area contributed by atoms with E-state index in [-0.39, 0.29) is 6.10 Å². The SMILES string of the molecule is Cc1ccc2nc(C(C)Oc3cccc(Cl)c3)[nH]c2c1. The minimum Gasteiger partial charge on any atom is -0.483 e. The van der Waals surface area contributed by atoms with Gasteiger partial charge in [-0.2, -0.15) is 0 Å². The van der Waals surface area contributed by atoms with E-state index in [4.69, 9.17) is 16.3 Å². The summed E-state index contributed by atoms with van der Waals surface area (Å²) in [5.74, 6) is 1.55. The molecule has 0 spiro atoms. The van der Waals surface area contributed by atoms with Crippen molar-refractivity contribution in [3.63, 3.8) is 0 Å². The van der Waals surface area contributed by atoms with Crippen molar-refractivity contribution in [1.82, 2.24) is 9.97 Å². The van der Waals surface area contributed by atoms with Gasteiger partial charge in [-0.1, -0.05) is 23.7 Å². The van der Waals surface area contributed by atoms with Gasteiger partial charge in [0.2, 0.25) is 0 Å². The predicted molar refractivity (Wildman–Crippen MR) is 81.3 cm³/mol. The Morgan fingerprint density at radius 1 is 1.20 bits per heavy atom. The summed E-state index contributed by atoms with van der Waals surface area (Å²) in [5.41, 5.74) is 3.19. The van der Waals surface area contributed by atoms with Crippen LogP contribution in [0.1, 0.15) is 24.4 Å². The Morgan fingerprint density at radius 3 is 2.85 bits per heavy atom. The number of hydrogen-bond donors (Lipinski definition) is 1. The third-order valence-electron chi connectivity index (χ3n) is 3.15. The topological polar surface area (TPSA) is 37.9 Å². The molecule has 0 bridgehead atoms. The van der Waals surface area contributed by atoms with Crippen LogP contribution in [0.3, 0.4) is 0 Å². The number of imidazole rings is 1. The molecule has 0 saturated carbocycles. The molecule has 1 N–H and O–H groups in total. The van der Waals surface area contributed by atoms with Crippen LogP contribution in [0.5, 0.6) is 5.75 Å². The zero-order chi connectivity index (χ0) is 14.1. The number of aromatic nitrogens is 2. The fraction of sp³-hybridized carbons (Fsp3) is 0.188. The van der Waals surface area contributed by atoms with Gasteiger partial charge in [0, 0.05) is 5.02 Å². The quantitative estimate of drug-likeness (QED) is 0.760. The molecule has 1 unspecified atom stereocenters. The first kappa shape index (κ1) is 13.0. The molecule has 20 heavy (non-hydrogen) atoms. The van der Waals surface area contributed by atoms with Crippen LogP contribution in [0.25, 0.3) is 11.0 Å². The summed E-state index contributed by atoms with van der Waals surface area (Å²) in [7, 11) is 0. The molecule has 3 rings (SSSR count). The molecule has 0 aliphatic heterocycles. The van der Waals surface area contributed by atoms with Gasteiger partial charge < -0.3 is 9.72 Å². The summed E-state index contributed by atoms with van der Waals surface area (Å²) >= 11 is 5.95. The van der Waals surface area contributed by atoms with Crippen molar-refractivity contribution < 1.29 is 4.74 Å². The van der Waals surface area contributed by atoms with Crippen molar-refractivity contribution in [2.45, 2.75) is 20.0 Å². The predicted octanol–water partition coefficient (Wildman–Crippen LogP) is 4.66. The number of halogens is 1. The molecule has 0 amide bonds. The fourth-order valence-electron chi connectivity index (χ4n) is 2.14. The van der Waals surface area contributed by atoms with E-state index in [2.05, 4.69) is 29.0 Å². The molecule has 0 fully saturated rings. The van der Waals surface area contributed by atoms with Gasteiger partial charge in [-0.25, -0.2) is 4.98 Å². The second-order valence-electron chi connectivity index (χ2n) is 4.86. The summed E-state index contributed by atoms with van der Waals surface area (Å²) in [5, 5.41) is 0.662. The molecule has 4 heteroatoms. The van der Waals surface area contributed by atoms with Crippen molar-refractivity contribution in [2.75, 3.05) is 0 Å². The number of nitrogens with zero attached hydrogens (tertiary/aromatic N) is 1. The minimum atomic E-state index is -0.166. The van der Waals surface area contributed by atoms with E-state index in [1.165, 1.54) is 5.56 Å². The molecule has 0 saturated heterocycles. The first-order valence-corrected chi connectivity index (χ1v) is 6.88. The lowest BCUT2D eigenvalue weighted by atomic mass is 10.2. The largest absolute Gasteiger partial charge is 0.483 e. The molecule has 3 aromatic rings. The van der Waals surface area contributed by atoms with Gasteiger partial charge in [0.15, 0.2) is 6.10 Å². The molecular formula is C16H15ClN2O. The van der Waals surface area contributed by atoms with E-state index >= 15 is 0 Å². The Hall–Kier alpha value is -2.00. The molecule has 2 aromatic carbocycles. The van der Waals surface area contributed by atoms with Crippen LogP contribution in [0, 0.1) is 6.92 Å². The highest BCUT2D eigenvalue weighted by molar-refractivity contribution is 6.30. The van der Waals surface area contributed by atoms with Gasteiger partial charge in [-0.05, 0) is 49.7 Å². The van der Waals surface area contributed by atoms with Crippen molar-refractivity contribution in [2.24, 2.45) is 0 Å². The zero-order valence-corrected chi connectivity index (χ0v) is 12.1. The highest BCUT2D eigenvalue weighted by Crippen LogP contribution is 2.24. The number of nitrogens with one attached hydrogen (secondary N) is 1. The second kappa shape index (κ2) is 5.17. The maximum absolute atomic E-state index is 5.95. The van der Waals surface area contributed by atoms with Crippen LogP contribution in [0.15, 0.2) is 42.5 Å². The summed E-state index contributed by atoms with van der Waals surface area (Å²) < 4.78 is 5.86. The molecule has 0 aliphatic rings. The number of H-pyrrole nitrogens is 1. The molecule has 0 aliphatic carbocycles. The van der Waals surface area contributed by atoms with Gasteiger partial charge in [0.25, 0.3) is 0 Å². The maximum atomic E-state index is 5.95. The number of benzene rings is 2. The third-order valence-corrected chi connectivity index (χ3v) is 3.38. The smallest absolute Gasteiger partial charge is 0.153 e. The maximum Gasteiger partial charge on any atom is 0.153 e. The fourth-order valence-corrected chi connectivity index (χ4v) is 2.32. The Labute approximate surface area is 122 Å². The zero-order valence-electron chi connectivity index (χ0n) is 11.4. The van der Waals surface area contributed by atoms with E-state index < -0.39 is 0 Å². The number of rotatable bonds is 3. The van der Waals surface area contributed by atoms with Crippen molar-refractivity contribution >= 4 is 22.6 Å². The molecule has 1 heterocycles. The van der Waals surface area contributed by atoms with Gasteiger partial charge in [-0.3, -0.25) is 0 Å². The highest BCUT2D eigenvalue weighted by Gasteiger charge is 2.12. The van der Waals surface area contributed by atoms with Gasteiger partial charge in [0.05, 0.1) is 11.0 Å².